The summed E-state index contributed by atoms with van der Waals surface area (Å²) in [6, 6.07) is 4.98. The molecule has 2 aromatic rings. The Balaban J connectivity index is 2.70. The lowest BCUT2D eigenvalue weighted by molar-refractivity contribution is 0.0964. The van der Waals surface area contributed by atoms with Crippen molar-refractivity contribution in [1.82, 2.24) is 9.38 Å². The summed E-state index contributed by atoms with van der Waals surface area (Å²) in [5, 5.41) is 0.329. The predicted octanol–water partition coefficient (Wildman–Crippen LogP) is 1.83. The van der Waals surface area contributed by atoms with Crippen LogP contribution in [0.15, 0.2) is 18.2 Å². The highest BCUT2D eigenvalue weighted by molar-refractivity contribution is 6.33. The van der Waals surface area contributed by atoms with Crippen LogP contribution in [-0.4, -0.2) is 21.2 Å². The maximum Gasteiger partial charge on any atom is 0.200 e. The van der Waals surface area contributed by atoms with Gasteiger partial charge in [0, 0.05) is 5.69 Å². The van der Waals surface area contributed by atoms with Gasteiger partial charge in [-0.25, -0.2) is 4.98 Å². The van der Waals surface area contributed by atoms with Gasteiger partial charge < -0.3 is 5.73 Å². The summed E-state index contributed by atoms with van der Waals surface area (Å²) in [5.41, 5.74) is 7.37. The molecule has 2 N–H and O–H groups in total. The summed E-state index contributed by atoms with van der Waals surface area (Å²) in [5.74, 6) is -0.242. The summed E-state index contributed by atoms with van der Waals surface area (Å²) in [4.78, 5) is 16.0. The molecule has 0 amide bonds. The zero-order valence-electron chi connectivity index (χ0n) is 9.07. The number of halogens is 1. The molecule has 0 aliphatic rings. The number of nitrogens with two attached hydrogens (primary N) is 1. The van der Waals surface area contributed by atoms with Crippen molar-refractivity contribution in [3.05, 3.63) is 34.7 Å². The molecule has 0 fully saturated rings. The van der Waals surface area contributed by atoms with E-state index in [0.717, 1.165) is 5.69 Å². The molecule has 2 rings (SSSR count). The number of carbonyl (C=O) groups excluding carboxylic acids is 1. The number of Topliss-reactive ketones (excluding diaryl/α,β-unsaturated/α-hetero) is 1. The Morgan fingerprint density at radius 3 is 2.81 bits per heavy atom. The molecule has 16 heavy (non-hydrogen) atoms. The molecule has 1 atom stereocenters. The fraction of sp³-hybridized carbons (Fsp3) is 0.273. The minimum absolute atomic E-state index is 0.242. The summed E-state index contributed by atoms with van der Waals surface area (Å²) < 4.78 is 1.73. The average molecular weight is 238 g/mol. The number of aryl methyl sites for hydroxylation is 1. The number of nitrogens with zero attached hydrogens (tertiary/aromatic N) is 2. The largest absolute Gasteiger partial charge is 0.321 e. The van der Waals surface area contributed by atoms with Gasteiger partial charge >= 0.3 is 0 Å². The number of ketones is 1. The van der Waals surface area contributed by atoms with Gasteiger partial charge in [-0.2, -0.15) is 0 Å². The van der Waals surface area contributed by atoms with Crippen LogP contribution in [0.5, 0.6) is 0 Å². The highest BCUT2D eigenvalue weighted by atomic mass is 35.5. The Bertz CT molecular complexity index is 560. The molecule has 0 aromatic carbocycles. The van der Waals surface area contributed by atoms with E-state index in [0.29, 0.717) is 10.8 Å². The first-order valence-corrected chi connectivity index (χ1v) is 5.33. The Morgan fingerprint density at radius 1 is 1.56 bits per heavy atom. The smallest absolute Gasteiger partial charge is 0.200 e. The van der Waals surface area contributed by atoms with Gasteiger partial charge in [0.1, 0.15) is 16.5 Å². The predicted molar refractivity (Wildman–Crippen MR) is 62.9 cm³/mol. The zero-order chi connectivity index (χ0) is 11.9. The third kappa shape index (κ3) is 1.60. The standard InChI is InChI=1S/C11H12ClN3O/c1-6-4-3-5-8-14-9(10(16)7(2)13)11(12)15(6)8/h3-5,7H,13H2,1-2H3. The number of imidazole rings is 1. The van der Waals surface area contributed by atoms with E-state index in [-0.39, 0.29) is 11.5 Å². The Morgan fingerprint density at radius 2 is 2.25 bits per heavy atom. The molecule has 0 bridgehead atoms. The number of carbonyl (C=O) groups is 1. The van der Waals surface area contributed by atoms with Gasteiger partial charge in [-0.1, -0.05) is 17.7 Å². The number of fused-ring (bicyclic) bond motifs is 1. The lowest BCUT2D eigenvalue weighted by atomic mass is 10.2. The van der Waals surface area contributed by atoms with Gasteiger partial charge in [0.05, 0.1) is 6.04 Å². The van der Waals surface area contributed by atoms with E-state index in [4.69, 9.17) is 17.3 Å². The Hall–Kier alpha value is -1.39. The van der Waals surface area contributed by atoms with Crippen LogP contribution in [0.25, 0.3) is 5.65 Å². The number of pyridine rings is 1. The fourth-order valence-electron chi connectivity index (χ4n) is 1.58. The first-order valence-electron chi connectivity index (χ1n) is 4.95. The maximum absolute atomic E-state index is 11.8. The molecule has 0 radical (unpaired) electrons. The van der Waals surface area contributed by atoms with Crippen LogP contribution < -0.4 is 5.73 Å². The van der Waals surface area contributed by atoms with Gasteiger partial charge in [-0.3, -0.25) is 9.20 Å². The van der Waals surface area contributed by atoms with Crippen molar-refractivity contribution in [2.24, 2.45) is 5.73 Å². The molecule has 2 aromatic heterocycles. The first-order chi connectivity index (χ1) is 7.52. The quantitative estimate of drug-likeness (QED) is 0.811. The van der Waals surface area contributed by atoms with Crippen LogP contribution in [0.4, 0.5) is 0 Å². The van der Waals surface area contributed by atoms with E-state index < -0.39 is 6.04 Å². The van der Waals surface area contributed by atoms with Crippen molar-refractivity contribution in [1.29, 1.82) is 0 Å². The van der Waals surface area contributed by atoms with Crippen molar-refractivity contribution in [3.63, 3.8) is 0 Å². The minimum atomic E-state index is -0.595. The molecule has 0 saturated carbocycles. The topological polar surface area (TPSA) is 60.4 Å². The van der Waals surface area contributed by atoms with Gasteiger partial charge in [0.2, 0.25) is 5.78 Å². The van der Waals surface area contributed by atoms with Crippen LogP contribution in [0.3, 0.4) is 0 Å². The zero-order valence-corrected chi connectivity index (χ0v) is 9.82. The molecule has 2 heterocycles. The molecule has 0 spiro atoms. The van der Waals surface area contributed by atoms with Crippen molar-refractivity contribution >= 4 is 23.0 Å². The molecular weight excluding hydrogens is 226 g/mol. The van der Waals surface area contributed by atoms with Gasteiger partial charge in [-0.05, 0) is 26.0 Å². The number of hydrogen-bond acceptors (Lipinski definition) is 3. The highest BCUT2D eigenvalue weighted by Gasteiger charge is 2.20. The maximum atomic E-state index is 11.8. The van der Waals surface area contributed by atoms with Gasteiger partial charge in [0.15, 0.2) is 0 Å². The van der Waals surface area contributed by atoms with E-state index in [1.54, 1.807) is 17.4 Å². The van der Waals surface area contributed by atoms with Crippen LogP contribution >= 0.6 is 11.6 Å². The van der Waals surface area contributed by atoms with Crippen LogP contribution in [0.1, 0.15) is 23.1 Å². The lowest BCUT2D eigenvalue weighted by Gasteiger charge is -2.01. The molecular formula is C11H12ClN3O. The summed E-state index contributed by atoms with van der Waals surface area (Å²) >= 11 is 6.13. The molecule has 0 aliphatic heterocycles. The Kier molecular flexibility index (Phi) is 2.69. The second kappa shape index (κ2) is 3.88. The van der Waals surface area contributed by atoms with E-state index in [1.165, 1.54) is 0 Å². The average Bonchev–Trinajstić information content (AvgIpc) is 2.56. The molecule has 0 saturated heterocycles. The third-order valence-corrected chi connectivity index (χ3v) is 2.78. The monoisotopic (exact) mass is 237 g/mol. The van der Waals surface area contributed by atoms with Crippen LogP contribution in [-0.2, 0) is 0 Å². The van der Waals surface area contributed by atoms with Crippen LogP contribution in [0.2, 0.25) is 5.15 Å². The molecule has 4 nitrogen and oxygen atoms in total. The minimum Gasteiger partial charge on any atom is -0.321 e. The van der Waals surface area contributed by atoms with Crippen molar-refractivity contribution < 1.29 is 4.79 Å². The van der Waals surface area contributed by atoms with Gasteiger partial charge in [-0.15, -0.1) is 0 Å². The molecule has 1 unspecified atom stereocenters. The fourth-order valence-corrected chi connectivity index (χ4v) is 1.94. The summed E-state index contributed by atoms with van der Waals surface area (Å²) in [7, 11) is 0. The van der Waals surface area contributed by atoms with Crippen molar-refractivity contribution in [3.8, 4) is 0 Å². The van der Waals surface area contributed by atoms with Crippen molar-refractivity contribution in [2.75, 3.05) is 0 Å². The number of rotatable bonds is 2. The molecule has 5 heteroatoms. The number of hydrogen-bond donors (Lipinski definition) is 1. The molecule has 84 valence electrons. The third-order valence-electron chi connectivity index (χ3n) is 2.43. The number of aromatic nitrogens is 2. The van der Waals surface area contributed by atoms with E-state index >= 15 is 0 Å². The first kappa shape index (κ1) is 11.1. The second-order valence-electron chi connectivity index (χ2n) is 3.76. The summed E-state index contributed by atoms with van der Waals surface area (Å²) in [6.07, 6.45) is 0. The second-order valence-corrected chi connectivity index (χ2v) is 4.12. The van der Waals surface area contributed by atoms with Crippen molar-refractivity contribution in [2.45, 2.75) is 19.9 Å². The summed E-state index contributed by atoms with van der Waals surface area (Å²) in [6.45, 7) is 3.52. The van der Waals surface area contributed by atoms with Crippen LogP contribution in [0, 0.1) is 6.92 Å². The van der Waals surface area contributed by atoms with E-state index in [2.05, 4.69) is 4.98 Å². The normalized spacial score (nSPS) is 13.0. The highest BCUT2D eigenvalue weighted by Crippen LogP contribution is 2.21. The lowest BCUT2D eigenvalue weighted by Crippen LogP contribution is -2.27. The molecule has 0 aliphatic carbocycles. The van der Waals surface area contributed by atoms with Gasteiger partial charge in [0.25, 0.3) is 0 Å². The van der Waals surface area contributed by atoms with E-state index in [9.17, 15) is 4.79 Å². The Labute approximate surface area is 98.0 Å². The SMILES string of the molecule is Cc1cccc2nc(C(=O)C(C)N)c(Cl)n12. The van der Waals surface area contributed by atoms with E-state index in [1.807, 2.05) is 19.1 Å².